The van der Waals surface area contributed by atoms with Crippen molar-refractivity contribution in [3.8, 4) is 0 Å². The van der Waals surface area contributed by atoms with E-state index in [1.807, 2.05) is 18.9 Å². The van der Waals surface area contributed by atoms with Crippen LogP contribution in [0.5, 0.6) is 0 Å². The number of nitrogens with zero attached hydrogens (tertiary/aromatic N) is 1. The van der Waals surface area contributed by atoms with Gasteiger partial charge in [-0.1, -0.05) is 32.5 Å². The first kappa shape index (κ1) is 15.3. The number of thiocarbonyl (C=S) groups is 1. The molecule has 0 radical (unpaired) electrons. The van der Waals surface area contributed by atoms with Crippen LogP contribution >= 0.6 is 12.2 Å². The third-order valence-corrected chi connectivity index (χ3v) is 2.63. The summed E-state index contributed by atoms with van der Waals surface area (Å²) in [6.07, 6.45) is 1.94. The highest BCUT2D eigenvalue weighted by Gasteiger charge is 2.12. The zero-order chi connectivity index (χ0) is 12.6. The maximum absolute atomic E-state index is 11.4. The molecule has 4 nitrogen and oxygen atoms in total. The van der Waals surface area contributed by atoms with E-state index in [9.17, 15) is 4.79 Å². The Bertz CT molecular complexity index is 234. The van der Waals surface area contributed by atoms with Crippen LogP contribution in [0.3, 0.4) is 0 Å². The van der Waals surface area contributed by atoms with E-state index in [1.165, 1.54) is 0 Å². The molecule has 0 saturated carbocycles. The SMILES string of the molecule is CCCCOC(=O)CN(C)CC(C)C(N)=S. The van der Waals surface area contributed by atoms with E-state index in [-0.39, 0.29) is 18.4 Å². The average molecular weight is 246 g/mol. The van der Waals surface area contributed by atoms with Gasteiger partial charge < -0.3 is 10.5 Å². The van der Waals surface area contributed by atoms with Gasteiger partial charge in [0, 0.05) is 12.5 Å². The fourth-order valence-corrected chi connectivity index (χ4v) is 1.29. The van der Waals surface area contributed by atoms with Gasteiger partial charge in [0.15, 0.2) is 0 Å². The van der Waals surface area contributed by atoms with Crippen molar-refractivity contribution in [1.82, 2.24) is 4.90 Å². The smallest absolute Gasteiger partial charge is 0.320 e. The molecule has 0 saturated heterocycles. The molecular weight excluding hydrogens is 224 g/mol. The lowest BCUT2D eigenvalue weighted by Gasteiger charge is -2.19. The highest BCUT2D eigenvalue weighted by atomic mass is 32.1. The summed E-state index contributed by atoms with van der Waals surface area (Å²) in [6, 6.07) is 0. The molecule has 0 fully saturated rings. The van der Waals surface area contributed by atoms with Gasteiger partial charge in [-0.15, -0.1) is 0 Å². The first-order valence-corrected chi connectivity index (χ1v) is 6.01. The van der Waals surface area contributed by atoms with Gasteiger partial charge in [-0.3, -0.25) is 9.69 Å². The van der Waals surface area contributed by atoms with E-state index in [2.05, 4.69) is 6.92 Å². The van der Waals surface area contributed by atoms with Crippen LogP contribution in [0.15, 0.2) is 0 Å². The summed E-state index contributed by atoms with van der Waals surface area (Å²) in [5.41, 5.74) is 5.50. The molecule has 5 heteroatoms. The molecule has 0 aromatic carbocycles. The highest BCUT2D eigenvalue weighted by molar-refractivity contribution is 7.80. The van der Waals surface area contributed by atoms with Crippen molar-refractivity contribution in [1.29, 1.82) is 0 Å². The Hall–Kier alpha value is -0.680. The third-order valence-electron chi connectivity index (χ3n) is 2.23. The van der Waals surface area contributed by atoms with Gasteiger partial charge in [-0.2, -0.15) is 0 Å². The van der Waals surface area contributed by atoms with Crippen LogP contribution in [0, 0.1) is 5.92 Å². The molecule has 0 spiro atoms. The summed E-state index contributed by atoms with van der Waals surface area (Å²) >= 11 is 4.87. The zero-order valence-corrected chi connectivity index (χ0v) is 11.2. The Balaban J connectivity index is 3.73. The summed E-state index contributed by atoms with van der Waals surface area (Å²) < 4.78 is 5.05. The highest BCUT2D eigenvalue weighted by Crippen LogP contribution is 1.99. The number of likely N-dealkylation sites (N-methyl/N-ethyl adjacent to an activating group) is 1. The number of carbonyl (C=O) groups excluding carboxylic acids is 1. The summed E-state index contributed by atoms with van der Waals surface area (Å²) in [5, 5.41) is 0. The lowest BCUT2D eigenvalue weighted by atomic mass is 10.2. The minimum Gasteiger partial charge on any atom is -0.465 e. The lowest BCUT2D eigenvalue weighted by molar-refractivity contribution is -0.144. The molecule has 0 aliphatic heterocycles. The average Bonchev–Trinajstić information content (AvgIpc) is 2.17. The minimum absolute atomic E-state index is 0.114. The van der Waals surface area contributed by atoms with Gasteiger partial charge in [0.25, 0.3) is 0 Å². The Kier molecular flexibility index (Phi) is 8.11. The minimum atomic E-state index is -0.189. The molecule has 1 atom stereocenters. The summed E-state index contributed by atoms with van der Waals surface area (Å²) in [5.74, 6) is -0.0745. The van der Waals surface area contributed by atoms with E-state index >= 15 is 0 Å². The fourth-order valence-electron chi connectivity index (χ4n) is 1.22. The van der Waals surface area contributed by atoms with Crippen molar-refractivity contribution in [2.24, 2.45) is 11.7 Å². The molecule has 0 heterocycles. The maximum Gasteiger partial charge on any atom is 0.320 e. The Morgan fingerprint density at radius 1 is 1.56 bits per heavy atom. The summed E-state index contributed by atoms with van der Waals surface area (Å²) in [6.45, 7) is 5.48. The van der Waals surface area contributed by atoms with Crippen LogP contribution in [0.1, 0.15) is 26.7 Å². The Morgan fingerprint density at radius 2 is 2.19 bits per heavy atom. The monoisotopic (exact) mass is 246 g/mol. The van der Waals surface area contributed by atoms with Crippen LogP contribution in [0.4, 0.5) is 0 Å². The molecular formula is C11H22N2O2S. The molecule has 0 aliphatic rings. The molecule has 1 unspecified atom stereocenters. The maximum atomic E-state index is 11.4. The molecule has 16 heavy (non-hydrogen) atoms. The number of unbranched alkanes of at least 4 members (excludes halogenated alkanes) is 1. The normalized spacial score (nSPS) is 12.5. The van der Waals surface area contributed by atoms with E-state index in [4.69, 9.17) is 22.7 Å². The van der Waals surface area contributed by atoms with Crippen molar-refractivity contribution in [2.75, 3.05) is 26.7 Å². The van der Waals surface area contributed by atoms with Crippen molar-refractivity contribution >= 4 is 23.2 Å². The largest absolute Gasteiger partial charge is 0.465 e. The molecule has 0 amide bonds. The molecule has 0 rings (SSSR count). The van der Waals surface area contributed by atoms with Gasteiger partial charge in [-0.05, 0) is 13.5 Å². The van der Waals surface area contributed by atoms with E-state index in [0.29, 0.717) is 18.1 Å². The number of hydrogen-bond donors (Lipinski definition) is 1. The number of ether oxygens (including phenoxy) is 1. The lowest BCUT2D eigenvalue weighted by Crippen LogP contribution is -2.35. The topological polar surface area (TPSA) is 55.6 Å². The number of hydrogen-bond acceptors (Lipinski definition) is 4. The predicted octanol–water partition coefficient (Wildman–Crippen LogP) is 1.18. The van der Waals surface area contributed by atoms with Crippen molar-refractivity contribution < 1.29 is 9.53 Å². The first-order valence-electron chi connectivity index (χ1n) is 5.60. The Morgan fingerprint density at radius 3 is 2.69 bits per heavy atom. The van der Waals surface area contributed by atoms with Gasteiger partial charge in [0.2, 0.25) is 0 Å². The van der Waals surface area contributed by atoms with Gasteiger partial charge in [-0.25, -0.2) is 0 Å². The van der Waals surface area contributed by atoms with Crippen LogP contribution in [-0.4, -0.2) is 42.6 Å². The molecule has 2 N–H and O–H groups in total. The molecule has 0 aliphatic carbocycles. The van der Waals surface area contributed by atoms with Crippen LogP contribution < -0.4 is 5.73 Å². The quantitative estimate of drug-likeness (QED) is 0.396. The second-order valence-electron chi connectivity index (χ2n) is 4.07. The van der Waals surface area contributed by atoms with E-state index in [1.54, 1.807) is 0 Å². The number of nitrogens with two attached hydrogens (primary N) is 1. The fraction of sp³-hybridized carbons (Fsp3) is 0.818. The second kappa shape index (κ2) is 8.47. The van der Waals surface area contributed by atoms with Gasteiger partial charge >= 0.3 is 5.97 Å². The van der Waals surface area contributed by atoms with Crippen LogP contribution in [0.2, 0.25) is 0 Å². The zero-order valence-electron chi connectivity index (χ0n) is 10.4. The van der Waals surface area contributed by atoms with Gasteiger partial charge in [0.05, 0.1) is 18.1 Å². The standard InChI is InChI=1S/C11H22N2O2S/c1-4-5-6-15-10(14)8-13(3)7-9(2)11(12)16/h9H,4-8H2,1-3H3,(H2,12,16). The molecule has 94 valence electrons. The molecule has 0 aromatic heterocycles. The van der Waals surface area contributed by atoms with E-state index in [0.717, 1.165) is 12.8 Å². The number of carbonyl (C=O) groups is 1. The number of rotatable bonds is 8. The van der Waals surface area contributed by atoms with E-state index < -0.39 is 0 Å². The van der Waals surface area contributed by atoms with Gasteiger partial charge in [0.1, 0.15) is 0 Å². The number of esters is 1. The summed E-state index contributed by atoms with van der Waals surface area (Å²) in [7, 11) is 1.86. The molecule has 0 bridgehead atoms. The first-order chi connectivity index (χ1) is 7.47. The van der Waals surface area contributed by atoms with Crippen molar-refractivity contribution in [2.45, 2.75) is 26.7 Å². The van der Waals surface area contributed by atoms with Crippen molar-refractivity contribution in [3.63, 3.8) is 0 Å². The Labute approximate surface area is 103 Å². The second-order valence-corrected chi connectivity index (χ2v) is 4.55. The third kappa shape index (κ3) is 7.59. The van der Waals surface area contributed by atoms with Crippen molar-refractivity contribution in [3.05, 3.63) is 0 Å². The predicted molar refractivity (Wildman–Crippen MR) is 69.3 cm³/mol. The van der Waals surface area contributed by atoms with Crippen LogP contribution in [0.25, 0.3) is 0 Å². The molecule has 0 aromatic rings. The van der Waals surface area contributed by atoms with Crippen LogP contribution in [-0.2, 0) is 9.53 Å². The summed E-state index contributed by atoms with van der Waals surface area (Å²) in [4.78, 5) is 13.7.